The van der Waals surface area contributed by atoms with E-state index in [-0.39, 0.29) is 12.0 Å². The highest BCUT2D eigenvalue weighted by molar-refractivity contribution is 7.90. The highest BCUT2D eigenvalue weighted by Gasteiger charge is 2.29. The number of nitrogens with one attached hydrogen (secondary N) is 2. The predicted molar refractivity (Wildman–Crippen MR) is 132 cm³/mol. The molecule has 1 fully saturated rings. The van der Waals surface area contributed by atoms with Crippen molar-refractivity contribution in [3.8, 4) is 0 Å². The van der Waals surface area contributed by atoms with E-state index in [0.29, 0.717) is 30.1 Å². The van der Waals surface area contributed by atoms with Gasteiger partial charge >= 0.3 is 10.2 Å². The van der Waals surface area contributed by atoms with Crippen molar-refractivity contribution in [3.05, 3.63) is 59.2 Å². The molecule has 184 valence electrons. The first-order valence-electron chi connectivity index (χ1n) is 11.2. The summed E-state index contributed by atoms with van der Waals surface area (Å²) in [5, 5.41) is 5.55. The maximum atomic E-state index is 13.1. The Balaban J connectivity index is 1.80. The van der Waals surface area contributed by atoms with E-state index in [1.165, 1.54) is 14.1 Å². The molecule has 1 heterocycles. The summed E-state index contributed by atoms with van der Waals surface area (Å²) >= 11 is 0. The first-order chi connectivity index (χ1) is 16.1. The Hall–Kier alpha value is -2.95. The number of amides is 2. The molecule has 2 N–H and O–H groups in total. The number of ether oxygens (including phenoxy) is 1. The molecular formula is C24H32N4O5S. The average molecular weight is 489 g/mol. The Kier molecular flexibility index (Phi) is 8.29. The van der Waals surface area contributed by atoms with E-state index in [0.717, 1.165) is 32.6 Å². The normalized spacial score (nSPS) is 15.9. The zero-order valence-corrected chi connectivity index (χ0v) is 20.8. The standard InChI is InChI=1S/C24H32N4O5S/c1-17-11-12-18(2)22(14-17)28(34(31,32)27(3)4)16-23(29)26-21-10-6-5-9-20(21)24(30)25-15-19-8-7-13-33-19/h5-6,9-12,14,19H,7-8,13,15-16H2,1-4H3,(H,25,30)(H,26,29). The minimum Gasteiger partial charge on any atom is -0.376 e. The largest absolute Gasteiger partial charge is 0.376 e. The minimum absolute atomic E-state index is 0.00642. The molecule has 1 unspecified atom stereocenters. The Labute approximate surface area is 201 Å². The van der Waals surface area contributed by atoms with Crippen molar-refractivity contribution in [3.63, 3.8) is 0 Å². The molecule has 0 bridgehead atoms. The summed E-state index contributed by atoms with van der Waals surface area (Å²) in [5.74, 6) is -0.899. The number of rotatable bonds is 9. The van der Waals surface area contributed by atoms with Crippen LogP contribution in [0, 0.1) is 13.8 Å². The van der Waals surface area contributed by atoms with Gasteiger partial charge < -0.3 is 15.4 Å². The number of carbonyl (C=O) groups is 2. The van der Waals surface area contributed by atoms with Crippen LogP contribution in [-0.4, -0.2) is 64.4 Å². The maximum absolute atomic E-state index is 13.1. The molecule has 10 heteroatoms. The summed E-state index contributed by atoms with van der Waals surface area (Å²) in [5.41, 5.74) is 2.61. The molecule has 2 aromatic rings. The van der Waals surface area contributed by atoms with Crippen LogP contribution in [-0.2, 0) is 19.7 Å². The molecule has 2 aromatic carbocycles. The summed E-state index contributed by atoms with van der Waals surface area (Å²) in [7, 11) is -1.12. The first-order valence-corrected chi connectivity index (χ1v) is 12.6. The first kappa shape index (κ1) is 25.7. The van der Waals surface area contributed by atoms with Gasteiger partial charge in [-0.2, -0.15) is 12.7 Å². The van der Waals surface area contributed by atoms with Gasteiger partial charge in [0.25, 0.3) is 5.91 Å². The van der Waals surface area contributed by atoms with Gasteiger partial charge in [0.05, 0.1) is 23.0 Å². The third-order valence-electron chi connectivity index (χ3n) is 5.62. The monoisotopic (exact) mass is 488 g/mol. The number of hydrogen-bond acceptors (Lipinski definition) is 5. The lowest BCUT2D eigenvalue weighted by Gasteiger charge is -2.28. The van der Waals surface area contributed by atoms with Gasteiger partial charge in [0, 0.05) is 27.2 Å². The number of para-hydroxylation sites is 1. The van der Waals surface area contributed by atoms with Crippen LogP contribution < -0.4 is 14.9 Å². The van der Waals surface area contributed by atoms with Gasteiger partial charge in [-0.25, -0.2) is 4.31 Å². The van der Waals surface area contributed by atoms with Crippen molar-refractivity contribution in [2.45, 2.75) is 32.8 Å². The van der Waals surface area contributed by atoms with Crippen molar-refractivity contribution in [2.75, 3.05) is 43.4 Å². The van der Waals surface area contributed by atoms with E-state index in [2.05, 4.69) is 10.6 Å². The fraction of sp³-hybridized carbons (Fsp3) is 0.417. The van der Waals surface area contributed by atoms with E-state index in [1.54, 1.807) is 37.3 Å². The molecule has 2 amide bonds. The molecule has 1 aliphatic heterocycles. The van der Waals surface area contributed by atoms with Gasteiger partial charge in [0.2, 0.25) is 5.91 Å². The van der Waals surface area contributed by atoms with Crippen molar-refractivity contribution in [2.24, 2.45) is 0 Å². The van der Waals surface area contributed by atoms with E-state index >= 15 is 0 Å². The third kappa shape index (κ3) is 6.13. The molecule has 34 heavy (non-hydrogen) atoms. The van der Waals surface area contributed by atoms with E-state index in [9.17, 15) is 18.0 Å². The second kappa shape index (κ2) is 11.0. The summed E-state index contributed by atoms with van der Waals surface area (Å²) in [4.78, 5) is 25.8. The lowest BCUT2D eigenvalue weighted by Crippen LogP contribution is -2.44. The van der Waals surface area contributed by atoms with Crippen molar-refractivity contribution < 1.29 is 22.7 Å². The summed E-state index contributed by atoms with van der Waals surface area (Å²) in [6.07, 6.45) is 1.86. The number of carbonyl (C=O) groups excluding carboxylic acids is 2. The highest BCUT2D eigenvalue weighted by atomic mass is 32.2. The van der Waals surface area contributed by atoms with Crippen LogP contribution in [0.5, 0.6) is 0 Å². The van der Waals surface area contributed by atoms with Crippen molar-refractivity contribution >= 4 is 33.4 Å². The minimum atomic E-state index is -3.95. The fourth-order valence-electron chi connectivity index (χ4n) is 3.69. The quantitative estimate of drug-likeness (QED) is 0.564. The van der Waals surface area contributed by atoms with Gasteiger partial charge in [-0.3, -0.25) is 9.59 Å². The summed E-state index contributed by atoms with van der Waals surface area (Å²) in [6.45, 7) is 4.28. The number of benzene rings is 2. The third-order valence-corrected chi connectivity index (χ3v) is 7.43. The van der Waals surface area contributed by atoms with Crippen LogP contribution >= 0.6 is 0 Å². The van der Waals surface area contributed by atoms with Crippen LogP contribution in [0.3, 0.4) is 0 Å². The van der Waals surface area contributed by atoms with Gasteiger partial charge in [0.15, 0.2) is 0 Å². The Morgan fingerprint density at radius 1 is 1.12 bits per heavy atom. The molecule has 1 saturated heterocycles. The second-order valence-corrected chi connectivity index (χ2v) is 10.6. The fourth-order valence-corrected chi connectivity index (χ4v) is 4.81. The predicted octanol–water partition coefficient (Wildman–Crippen LogP) is 2.46. The van der Waals surface area contributed by atoms with E-state index in [4.69, 9.17) is 4.74 Å². The molecule has 1 aliphatic rings. The van der Waals surface area contributed by atoms with Crippen LogP contribution in [0.25, 0.3) is 0 Å². The number of hydrogen-bond donors (Lipinski definition) is 2. The zero-order valence-electron chi connectivity index (χ0n) is 20.0. The van der Waals surface area contributed by atoms with Gasteiger partial charge in [-0.1, -0.05) is 24.3 Å². The molecule has 0 saturated carbocycles. The lowest BCUT2D eigenvalue weighted by molar-refractivity contribution is -0.114. The lowest BCUT2D eigenvalue weighted by atomic mass is 10.1. The van der Waals surface area contributed by atoms with Gasteiger partial charge in [-0.15, -0.1) is 0 Å². The molecule has 0 radical (unpaired) electrons. The summed E-state index contributed by atoms with van der Waals surface area (Å²) in [6, 6.07) is 12.1. The molecule has 9 nitrogen and oxygen atoms in total. The van der Waals surface area contributed by atoms with Crippen LogP contribution in [0.15, 0.2) is 42.5 Å². The van der Waals surface area contributed by atoms with Crippen molar-refractivity contribution in [1.82, 2.24) is 9.62 Å². The average Bonchev–Trinajstić information content (AvgIpc) is 3.31. The maximum Gasteiger partial charge on any atom is 0.304 e. The number of aryl methyl sites for hydroxylation is 2. The zero-order chi connectivity index (χ0) is 24.9. The molecule has 1 atom stereocenters. The number of nitrogens with zero attached hydrogens (tertiary/aromatic N) is 2. The molecular weight excluding hydrogens is 456 g/mol. The Morgan fingerprint density at radius 2 is 1.85 bits per heavy atom. The van der Waals surface area contributed by atoms with Crippen LogP contribution in [0.1, 0.15) is 34.3 Å². The summed E-state index contributed by atoms with van der Waals surface area (Å²) < 4.78 is 33.8. The van der Waals surface area contributed by atoms with Gasteiger partial charge in [0.1, 0.15) is 6.54 Å². The van der Waals surface area contributed by atoms with Crippen molar-refractivity contribution in [1.29, 1.82) is 0 Å². The van der Waals surface area contributed by atoms with E-state index in [1.807, 2.05) is 19.1 Å². The number of anilines is 2. The Morgan fingerprint density at radius 3 is 2.53 bits per heavy atom. The topological polar surface area (TPSA) is 108 Å². The molecule has 3 rings (SSSR count). The Bertz CT molecular complexity index is 1140. The second-order valence-electron chi connectivity index (χ2n) is 8.53. The highest BCUT2D eigenvalue weighted by Crippen LogP contribution is 2.25. The smallest absolute Gasteiger partial charge is 0.304 e. The van der Waals surface area contributed by atoms with E-state index < -0.39 is 22.7 Å². The van der Waals surface area contributed by atoms with Gasteiger partial charge in [-0.05, 0) is 56.0 Å². The molecule has 0 spiro atoms. The molecule has 0 aromatic heterocycles. The SMILES string of the molecule is Cc1ccc(C)c(N(CC(=O)Nc2ccccc2C(=O)NCC2CCCO2)S(=O)(=O)N(C)C)c1. The van der Waals surface area contributed by atoms with Crippen LogP contribution in [0.4, 0.5) is 11.4 Å². The molecule has 0 aliphatic carbocycles. The van der Waals surface area contributed by atoms with Crippen LogP contribution in [0.2, 0.25) is 0 Å².